The van der Waals surface area contributed by atoms with Crippen molar-refractivity contribution in [2.75, 3.05) is 6.54 Å². The molecule has 2 heterocycles. The molecular weight excluding hydrogens is 257 g/mol. The number of thiophene rings is 1. The molecule has 0 fully saturated rings. The van der Waals surface area contributed by atoms with Crippen LogP contribution in [0.5, 0.6) is 0 Å². The second-order valence-corrected chi connectivity index (χ2v) is 4.36. The van der Waals surface area contributed by atoms with Crippen LogP contribution >= 0.6 is 11.3 Å². The zero-order valence-corrected chi connectivity index (χ0v) is 9.11. The van der Waals surface area contributed by atoms with Gasteiger partial charge in [-0.15, -0.1) is 11.3 Å². The molecule has 17 heavy (non-hydrogen) atoms. The molecule has 1 aromatic heterocycles. The van der Waals surface area contributed by atoms with E-state index in [-0.39, 0.29) is 12.5 Å². The standard InChI is InChI=1S/C9H7F3N2O2S/c10-9(11,12)8(16)14-5-3-13-7(15)6-4(5)1-2-17-6/h1-2,5H,3H2,(H,13,15)(H,14,16). The highest BCUT2D eigenvalue weighted by molar-refractivity contribution is 7.12. The molecule has 4 nitrogen and oxygen atoms in total. The summed E-state index contributed by atoms with van der Waals surface area (Å²) in [7, 11) is 0. The van der Waals surface area contributed by atoms with Crippen LogP contribution in [0.3, 0.4) is 0 Å². The minimum absolute atomic E-state index is 0.0373. The summed E-state index contributed by atoms with van der Waals surface area (Å²) in [5.41, 5.74) is 0.427. The molecule has 0 aromatic carbocycles. The van der Waals surface area contributed by atoms with Crippen LogP contribution in [-0.2, 0) is 4.79 Å². The lowest BCUT2D eigenvalue weighted by Crippen LogP contribution is -2.46. The highest BCUT2D eigenvalue weighted by Crippen LogP contribution is 2.27. The van der Waals surface area contributed by atoms with E-state index in [0.29, 0.717) is 10.4 Å². The van der Waals surface area contributed by atoms with E-state index in [4.69, 9.17) is 0 Å². The van der Waals surface area contributed by atoms with Crippen LogP contribution in [0.4, 0.5) is 13.2 Å². The molecule has 1 atom stereocenters. The fourth-order valence-electron chi connectivity index (χ4n) is 1.53. The van der Waals surface area contributed by atoms with Gasteiger partial charge in [0.25, 0.3) is 5.91 Å². The van der Waals surface area contributed by atoms with Crippen molar-refractivity contribution in [2.45, 2.75) is 12.2 Å². The van der Waals surface area contributed by atoms with Crippen LogP contribution in [0.25, 0.3) is 0 Å². The Bertz CT molecular complexity index is 469. The Morgan fingerprint density at radius 1 is 1.53 bits per heavy atom. The average molecular weight is 264 g/mol. The summed E-state index contributed by atoms with van der Waals surface area (Å²) in [6.07, 6.45) is -4.92. The first-order chi connectivity index (χ1) is 7.89. The highest BCUT2D eigenvalue weighted by atomic mass is 32.1. The molecule has 2 amide bonds. The number of hydrogen-bond donors (Lipinski definition) is 2. The molecular formula is C9H7F3N2O2S. The van der Waals surface area contributed by atoms with Gasteiger partial charge in [0.15, 0.2) is 0 Å². The maximum atomic E-state index is 12.1. The minimum atomic E-state index is -4.92. The molecule has 0 saturated heterocycles. The summed E-state index contributed by atoms with van der Waals surface area (Å²) in [6.45, 7) is -0.0373. The number of halogens is 3. The molecule has 92 valence electrons. The number of carbonyl (C=O) groups is 2. The van der Waals surface area contributed by atoms with E-state index in [1.807, 2.05) is 5.32 Å². The number of hydrogen-bond acceptors (Lipinski definition) is 3. The molecule has 1 unspecified atom stereocenters. The molecule has 0 aliphatic carbocycles. The van der Waals surface area contributed by atoms with E-state index in [1.54, 1.807) is 11.4 Å². The van der Waals surface area contributed by atoms with Gasteiger partial charge in [-0.1, -0.05) is 0 Å². The Morgan fingerprint density at radius 3 is 2.88 bits per heavy atom. The molecule has 1 aromatic rings. The van der Waals surface area contributed by atoms with Crippen LogP contribution in [0.2, 0.25) is 0 Å². The molecule has 0 saturated carbocycles. The van der Waals surface area contributed by atoms with Crippen molar-refractivity contribution in [3.8, 4) is 0 Å². The van der Waals surface area contributed by atoms with Gasteiger partial charge in [-0.05, 0) is 17.0 Å². The van der Waals surface area contributed by atoms with Gasteiger partial charge in [0.05, 0.1) is 10.9 Å². The van der Waals surface area contributed by atoms with Gasteiger partial charge in [-0.3, -0.25) is 9.59 Å². The van der Waals surface area contributed by atoms with Gasteiger partial charge < -0.3 is 10.6 Å². The molecule has 0 spiro atoms. The normalized spacial score (nSPS) is 19.5. The van der Waals surface area contributed by atoms with E-state index in [2.05, 4.69) is 5.32 Å². The second kappa shape index (κ2) is 4.02. The largest absolute Gasteiger partial charge is 0.471 e. The maximum Gasteiger partial charge on any atom is 0.471 e. The van der Waals surface area contributed by atoms with Crippen molar-refractivity contribution < 1.29 is 22.8 Å². The van der Waals surface area contributed by atoms with E-state index in [0.717, 1.165) is 11.3 Å². The lowest BCUT2D eigenvalue weighted by atomic mass is 10.0. The van der Waals surface area contributed by atoms with E-state index in [1.165, 1.54) is 0 Å². The van der Waals surface area contributed by atoms with Crippen molar-refractivity contribution in [3.05, 3.63) is 21.9 Å². The molecule has 1 aliphatic rings. The van der Waals surface area contributed by atoms with Crippen molar-refractivity contribution in [2.24, 2.45) is 0 Å². The van der Waals surface area contributed by atoms with Gasteiger partial charge in [-0.25, -0.2) is 0 Å². The Kier molecular flexibility index (Phi) is 2.82. The summed E-state index contributed by atoms with van der Waals surface area (Å²) in [5, 5.41) is 5.87. The fourth-order valence-corrected chi connectivity index (χ4v) is 2.41. The lowest BCUT2D eigenvalue weighted by Gasteiger charge is -2.24. The topological polar surface area (TPSA) is 58.2 Å². The summed E-state index contributed by atoms with van der Waals surface area (Å²) >= 11 is 1.13. The number of carbonyl (C=O) groups excluding carboxylic acids is 2. The zero-order valence-electron chi connectivity index (χ0n) is 8.30. The maximum absolute atomic E-state index is 12.1. The quantitative estimate of drug-likeness (QED) is 0.801. The molecule has 2 rings (SSSR count). The van der Waals surface area contributed by atoms with Crippen LogP contribution < -0.4 is 10.6 Å². The second-order valence-electron chi connectivity index (χ2n) is 3.44. The predicted octanol–water partition coefficient (Wildman–Crippen LogP) is 1.21. The first-order valence-corrected chi connectivity index (χ1v) is 5.51. The SMILES string of the molecule is O=C1NCC(NC(=O)C(F)(F)F)c2ccsc21. The number of alkyl halides is 3. The fraction of sp³-hybridized carbons (Fsp3) is 0.333. The molecule has 1 aliphatic heterocycles. The summed E-state index contributed by atoms with van der Waals surface area (Å²) in [4.78, 5) is 22.5. The van der Waals surface area contributed by atoms with Gasteiger partial charge in [-0.2, -0.15) is 13.2 Å². The van der Waals surface area contributed by atoms with Crippen molar-refractivity contribution in [1.82, 2.24) is 10.6 Å². The van der Waals surface area contributed by atoms with Crippen molar-refractivity contribution in [1.29, 1.82) is 0 Å². The third-order valence-electron chi connectivity index (χ3n) is 2.31. The van der Waals surface area contributed by atoms with Gasteiger partial charge in [0, 0.05) is 6.54 Å². The summed E-state index contributed by atoms with van der Waals surface area (Å²) in [5.74, 6) is -2.33. The number of nitrogens with one attached hydrogen (secondary N) is 2. The Hall–Kier alpha value is -1.57. The van der Waals surface area contributed by atoms with E-state index in [9.17, 15) is 22.8 Å². The Balaban J connectivity index is 2.18. The smallest absolute Gasteiger partial charge is 0.349 e. The van der Waals surface area contributed by atoms with Crippen molar-refractivity contribution >= 4 is 23.2 Å². The molecule has 0 bridgehead atoms. The first kappa shape index (κ1) is 11.9. The van der Waals surface area contributed by atoms with E-state index < -0.39 is 18.1 Å². The minimum Gasteiger partial charge on any atom is -0.349 e. The zero-order chi connectivity index (χ0) is 12.6. The average Bonchev–Trinajstić information content (AvgIpc) is 2.70. The summed E-state index contributed by atoms with van der Waals surface area (Å²) < 4.78 is 36.3. The third kappa shape index (κ3) is 2.26. The number of rotatable bonds is 1. The third-order valence-corrected chi connectivity index (χ3v) is 3.24. The first-order valence-electron chi connectivity index (χ1n) is 4.63. The van der Waals surface area contributed by atoms with Crippen molar-refractivity contribution in [3.63, 3.8) is 0 Å². The monoisotopic (exact) mass is 264 g/mol. The van der Waals surface area contributed by atoms with Gasteiger partial charge >= 0.3 is 12.1 Å². The van der Waals surface area contributed by atoms with Crippen LogP contribution in [0, 0.1) is 0 Å². The van der Waals surface area contributed by atoms with Gasteiger partial charge in [0.2, 0.25) is 0 Å². The molecule has 0 radical (unpaired) electrons. The number of fused-ring (bicyclic) bond motifs is 1. The van der Waals surface area contributed by atoms with Crippen LogP contribution in [0.1, 0.15) is 21.3 Å². The van der Waals surface area contributed by atoms with Crippen LogP contribution in [0.15, 0.2) is 11.4 Å². The van der Waals surface area contributed by atoms with Gasteiger partial charge in [0.1, 0.15) is 0 Å². The lowest BCUT2D eigenvalue weighted by molar-refractivity contribution is -0.174. The number of amides is 2. The Labute approximate surface area is 97.8 Å². The summed E-state index contributed by atoms with van der Waals surface area (Å²) in [6, 6.07) is 0.711. The van der Waals surface area contributed by atoms with Crippen LogP contribution in [-0.4, -0.2) is 24.5 Å². The Morgan fingerprint density at radius 2 is 2.24 bits per heavy atom. The van der Waals surface area contributed by atoms with E-state index >= 15 is 0 Å². The molecule has 8 heteroatoms. The highest BCUT2D eigenvalue weighted by Gasteiger charge is 2.41. The predicted molar refractivity (Wildman–Crippen MR) is 53.6 cm³/mol. The molecule has 2 N–H and O–H groups in total.